The number of aliphatic carboxylic acids is 1. The molecule has 4 atom stereocenters. The number of hydrogen-bond donors (Lipinski definition) is 2. The molecule has 1 aliphatic carbocycles. The molecule has 1 aliphatic heterocycles. The first-order valence-electron chi connectivity index (χ1n) is 7.95. The number of piperidine rings is 1. The Bertz CT molecular complexity index is 410. The second-order valence-corrected chi connectivity index (χ2v) is 6.20. The van der Waals surface area contributed by atoms with E-state index < -0.39 is 18.1 Å². The highest BCUT2D eigenvalue weighted by Gasteiger charge is 2.44. The van der Waals surface area contributed by atoms with Gasteiger partial charge in [-0.05, 0) is 38.5 Å². The summed E-state index contributed by atoms with van der Waals surface area (Å²) >= 11 is 0. The van der Waals surface area contributed by atoms with Crippen molar-refractivity contribution in [1.82, 2.24) is 10.2 Å². The number of hydrogen-bond acceptors (Lipinski definition) is 3. The van der Waals surface area contributed by atoms with E-state index in [0.717, 1.165) is 25.7 Å². The van der Waals surface area contributed by atoms with Crippen LogP contribution in [0.15, 0.2) is 12.7 Å². The SMILES string of the molecule is C=CCNC(=O)C(C)N1C(C(=O)O)CCC2CCCCC21. The average molecular weight is 294 g/mol. The molecule has 1 saturated heterocycles. The molecule has 2 rings (SSSR count). The molecule has 118 valence electrons. The number of amides is 1. The van der Waals surface area contributed by atoms with E-state index in [2.05, 4.69) is 11.9 Å². The molecular weight excluding hydrogens is 268 g/mol. The fraction of sp³-hybridized carbons (Fsp3) is 0.750. The molecule has 1 saturated carbocycles. The Morgan fingerprint density at radius 2 is 2.05 bits per heavy atom. The first-order valence-corrected chi connectivity index (χ1v) is 7.95. The predicted octanol–water partition coefficient (Wildman–Crippen LogP) is 1.78. The molecule has 0 spiro atoms. The summed E-state index contributed by atoms with van der Waals surface area (Å²) in [4.78, 5) is 25.8. The van der Waals surface area contributed by atoms with Crippen molar-refractivity contribution in [2.45, 2.75) is 63.6 Å². The Labute approximate surface area is 126 Å². The normalized spacial score (nSPS) is 31.0. The molecule has 0 aromatic rings. The molecule has 2 aliphatic rings. The van der Waals surface area contributed by atoms with Crippen LogP contribution in [0.3, 0.4) is 0 Å². The van der Waals surface area contributed by atoms with Crippen LogP contribution >= 0.6 is 0 Å². The van der Waals surface area contributed by atoms with Crippen LogP contribution in [0.25, 0.3) is 0 Å². The zero-order valence-electron chi connectivity index (χ0n) is 12.8. The molecule has 2 N–H and O–H groups in total. The molecule has 4 unspecified atom stereocenters. The van der Waals surface area contributed by atoms with Crippen LogP contribution in [0, 0.1) is 5.92 Å². The van der Waals surface area contributed by atoms with Gasteiger partial charge in [-0.25, -0.2) is 0 Å². The molecule has 5 heteroatoms. The van der Waals surface area contributed by atoms with Crippen LogP contribution in [0.2, 0.25) is 0 Å². The zero-order valence-corrected chi connectivity index (χ0v) is 12.8. The minimum absolute atomic E-state index is 0.104. The number of nitrogens with zero attached hydrogens (tertiary/aromatic N) is 1. The van der Waals surface area contributed by atoms with Crippen molar-refractivity contribution in [1.29, 1.82) is 0 Å². The van der Waals surface area contributed by atoms with Crippen molar-refractivity contribution in [2.75, 3.05) is 6.54 Å². The van der Waals surface area contributed by atoms with Crippen LogP contribution in [0.5, 0.6) is 0 Å². The summed E-state index contributed by atoms with van der Waals surface area (Å²) in [5.74, 6) is -0.362. The second kappa shape index (κ2) is 7.07. The zero-order chi connectivity index (χ0) is 15.4. The van der Waals surface area contributed by atoms with Gasteiger partial charge in [0.15, 0.2) is 0 Å². The number of carbonyl (C=O) groups is 2. The minimum Gasteiger partial charge on any atom is -0.480 e. The Hall–Kier alpha value is -1.36. The van der Waals surface area contributed by atoms with Crippen LogP contribution < -0.4 is 5.32 Å². The van der Waals surface area contributed by atoms with E-state index in [4.69, 9.17) is 0 Å². The highest BCUT2D eigenvalue weighted by Crippen LogP contribution is 2.39. The lowest BCUT2D eigenvalue weighted by Crippen LogP contribution is -2.61. The molecule has 0 radical (unpaired) electrons. The third-order valence-electron chi connectivity index (χ3n) is 4.96. The predicted molar refractivity (Wildman–Crippen MR) is 80.9 cm³/mol. The average Bonchev–Trinajstić information content (AvgIpc) is 2.50. The number of carboxylic acid groups (broad SMARTS) is 1. The summed E-state index contributed by atoms with van der Waals surface area (Å²) in [6.45, 7) is 5.84. The topological polar surface area (TPSA) is 69.6 Å². The molecule has 1 amide bonds. The number of rotatable bonds is 5. The molecule has 0 bridgehead atoms. The summed E-state index contributed by atoms with van der Waals surface area (Å²) in [5.41, 5.74) is 0. The number of carbonyl (C=O) groups excluding carboxylic acids is 1. The maximum Gasteiger partial charge on any atom is 0.320 e. The number of fused-ring (bicyclic) bond motifs is 1. The van der Waals surface area contributed by atoms with E-state index in [1.807, 2.05) is 11.8 Å². The fourth-order valence-corrected chi connectivity index (χ4v) is 3.93. The van der Waals surface area contributed by atoms with Gasteiger partial charge in [-0.1, -0.05) is 18.9 Å². The van der Waals surface area contributed by atoms with Gasteiger partial charge >= 0.3 is 5.97 Å². The fourth-order valence-electron chi connectivity index (χ4n) is 3.93. The minimum atomic E-state index is -0.803. The molecule has 21 heavy (non-hydrogen) atoms. The van der Waals surface area contributed by atoms with Crippen molar-refractivity contribution in [3.63, 3.8) is 0 Å². The van der Waals surface area contributed by atoms with Crippen molar-refractivity contribution in [3.05, 3.63) is 12.7 Å². The molecular formula is C16H26N2O3. The van der Waals surface area contributed by atoms with Gasteiger partial charge in [0.25, 0.3) is 0 Å². The van der Waals surface area contributed by atoms with Crippen LogP contribution in [0.1, 0.15) is 45.4 Å². The smallest absolute Gasteiger partial charge is 0.320 e. The summed E-state index contributed by atoms with van der Waals surface area (Å²) < 4.78 is 0. The van der Waals surface area contributed by atoms with E-state index in [9.17, 15) is 14.7 Å². The summed E-state index contributed by atoms with van der Waals surface area (Å²) in [6.07, 6.45) is 7.78. The Morgan fingerprint density at radius 3 is 2.71 bits per heavy atom. The summed E-state index contributed by atoms with van der Waals surface area (Å²) in [6, 6.07) is -0.705. The van der Waals surface area contributed by atoms with Gasteiger partial charge in [0, 0.05) is 12.6 Å². The van der Waals surface area contributed by atoms with Gasteiger partial charge < -0.3 is 10.4 Å². The van der Waals surface area contributed by atoms with E-state index in [-0.39, 0.29) is 11.9 Å². The maximum atomic E-state index is 12.3. The Balaban J connectivity index is 2.17. The summed E-state index contributed by atoms with van der Waals surface area (Å²) in [5, 5.41) is 12.3. The standard InChI is InChI=1S/C16H26N2O3/c1-3-10-17-15(19)11(2)18-13-7-5-4-6-12(13)8-9-14(18)16(20)21/h3,11-14H,1,4-10H2,2H3,(H,17,19)(H,20,21). The van der Waals surface area contributed by atoms with Gasteiger partial charge in [-0.15, -0.1) is 6.58 Å². The number of likely N-dealkylation sites (tertiary alicyclic amines) is 1. The highest BCUT2D eigenvalue weighted by molar-refractivity contribution is 5.83. The lowest BCUT2D eigenvalue weighted by atomic mass is 9.75. The van der Waals surface area contributed by atoms with Crippen molar-refractivity contribution in [2.24, 2.45) is 5.92 Å². The van der Waals surface area contributed by atoms with Crippen molar-refractivity contribution in [3.8, 4) is 0 Å². The number of carboxylic acids is 1. The first kappa shape index (κ1) is 16.0. The lowest BCUT2D eigenvalue weighted by Gasteiger charge is -2.49. The third kappa shape index (κ3) is 3.46. The van der Waals surface area contributed by atoms with E-state index >= 15 is 0 Å². The van der Waals surface area contributed by atoms with Crippen LogP contribution in [0.4, 0.5) is 0 Å². The Morgan fingerprint density at radius 1 is 1.33 bits per heavy atom. The molecule has 0 aromatic carbocycles. The molecule has 2 fully saturated rings. The maximum absolute atomic E-state index is 12.3. The van der Waals surface area contributed by atoms with Gasteiger partial charge in [-0.2, -0.15) is 0 Å². The molecule has 1 heterocycles. The monoisotopic (exact) mass is 294 g/mol. The van der Waals surface area contributed by atoms with Gasteiger partial charge in [0.1, 0.15) is 6.04 Å². The van der Waals surface area contributed by atoms with Crippen LogP contribution in [-0.4, -0.2) is 46.6 Å². The Kier molecular flexibility index (Phi) is 5.39. The first-order chi connectivity index (χ1) is 10.1. The lowest BCUT2D eigenvalue weighted by molar-refractivity contribution is -0.152. The molecule has 5 nitrogen and oxygen atoms in total. The highest BCUT2D eigenvalue weighted by atomic mass is 16.4. The third-order valence-corrected chi connectivity index (χ3v) is 4.96. The van der Waals surface area contributed by atoms with Gasteiger partial charge in [0.2, 0.25) is 5.91 Å². The molecule has 0 aromatic heterocycles. The quantitative estimate of drug-likeness (QED) is 0.758. The number of nitrogens with one attached hydrogen (secondary N) is 1. The van der Waals surface area contributed by atoms with Crippen molar-refractivity contribution < 1.29 is 14.7 Å². The van der Waals surface area contributed by atoms with E-state index in [1.54, 1.807) is 6.08 Å². The van der Waals surface area contributed by atoms with Crippen molar-refractivity contribution >= 4 is 11.9 Å². The second-order valence-electron chi connectivity index (χ2n) is 6.20. The summed E-state index contributed by atoms with van der Waals surface area (Å²) in [7, 11) is 0. The van der Waals surface area contributed by atoms with E-state index in [0.29, 0.717) is 18.9 Å². The van der Waals surface area contributed by atoms with Crippen LogP contribution in [-0.2, 0) is 9.59 Å². The van der Waals surface area contributed by atoms with E-state index in [1.165, 1.54) is 6.42 Å². The largest absolute Gasteiger partial charge is 0.480 e. The van der Waals surface area contributed by atoms with Gasteiger partial charge in [0.05, 0.1) is 6.04 Å². The van der Waals surface area contributed by atoms with Gasteiger partial charge in [-0.3, -0.25) is 14.5 Å².